The first kappa shape index (κ1) is 14.5. The van der Waals surface area contributed by atoms with E-state index in [-0.39, 0.29) is 16.7 Å². The van der Waals surface area contributed by atoms with E-state index in [1.54, 1.807) is 13.2 Å². The Kier molecular flexibility index (Phi) is 5.46. The highest BCUT2D eigenvalue weighted by atomic mass is 79.9. The molecule has 0 radical (unpaired) electrons. The molecule has 1 unspecified atom stereocenters. The van der Waals surface area contributed by atoms with Crippen LogP contribution in [-0.4, -0.2) is 17.8 Å². The van der Waals surface area contributed by atoms with Crippen LogP contribution in [-0.2, 0) is 4.79 Å². The largest absolute Gasteiger partial charge is 0.497 e. The number of rotatable bonds is 4. The Bertz CT molecular complexity index is 407. The molecule has 0 fully saturated rings. The highest BCUT2D eigenvalue weighted by molar-refractivity contribution is 9.10. The van der Waals surface area contributed by atoms with Crippen molar-refractivity contribution in [2.45, 2.75) is 18.7 Å². The molecular formula is C12H15Br2NO2. The second-order valence-corrected chi connectivity index (χ2v) is 5.92. The normalized spacial score (nSPS) is 12.4. The van der Waals surface area contributed by atoms with Crippen LogP contribution in [0.1, 0.15) is 13.8 Å². The average molecular weight is 365 g/mol. The van der Waals surface area contributed by atoms with Crippen LogP contribution in [0.5, 0.6) is 5.75 Å². The number of carbonyl (C=O) groups is 1. The van der Waals surface area contributed by atoms with Crippen LogP contribution in [0.2, 0.25) is 0 Å². The van der Waals surface area contributed by atoms with E-state index in [9.17, 15) is 4.79 Å². The van der Waals surface area contributed by atoms with Gasteiger partial charge < -0.3 is 10.1 Å². The lowest BCUT2D eigenvalue weighted by Gasteiger charge is -2.14. The number of hydrogen-bond donors (Lipinski definition) is 1. The third-order valence-electron chi connectivity index (χ3n) is 2.21. The lowest BCUT2D eigenvalue weighted by atomic mass is 10.1. The summed E-state index contributed by atoms with van der Waals surface area (Å²) in [6.45, 7) is 3.97. The molecule has 0 heterocycles. The van der Waals surface area contributed by atoms with Crippen molar-refractivity contribution in [2.24, 2.45) is 5.92 Å². The Balaban J connectivity index is 2.81. The van der Waals surface area contributed by atoms with E-state index in [4.69, 9.17) is 4.74 Å². The van der Waals surface area contributed by atoms with Crippen molar-refractivity contribution in [3.05, 3.63) is 22.7 Å². The molecule has 3 nitrogen and oxygen atoms in total. The third-order valence-corrected chi connectivity index (χ3v) is 4.14. The van der Waals surface area contributed by atoms with Gasteiger partial charge in [-0.05, 0) is 18.1 Å². The highest BCUT2D eigenvalue weighted by Crippen LogP contribution is 2.25. The van der Waals surface area contributed by atoms with Crippen molar-refractivity contribution in [2.75, 3.05) is 12.4 Å². The van der Waals surface area contributed by atoms with Crippen LogP contribution in [0.25, 0.3) is 0 Å². The molecule has 0 aliphatic carbocycles. The number of ether oxygens (including phenoxy) is 1. The van der Waals surface area contributed by atoms with Crippen molar-refractivity contribution in [1.29, 1.82) is 0 Å². The predicted octanol–water partition coefficient (Wildman–Crippen LogP) is 3.82. The van der Waals surface area contributed by atoms with E-state index in [2.05, 4.69) is 37.2 Å². The van der Waals surface area contributed by atoms with Crippen molar-refractivity contribution < 1.29 is 9.53 Å². The number of carbonyl (C=O) groups excluding carboxylic acids is 1. The first-order valence-corrected chi connectivity index (χ1v) is 6.94. The summed E-state index contributed by atoms with van der Waals surface area (Å²) >= 11 is 6.73. The summed E-state index contributed by atoms with van der Waals surface area (Å²) in [5.41, 5.74) is 0.714. The quantitative estimate of drug-likeness (QED) is 0.825. The maximum Gasteiger partial charge on any atom is 0.238 e. The van der Waals surface area contributed by atoms with Crippen molar-refractivity contribution >= 4 is 43.5 Å². The Morgan fingerprint density at radius 3 is 2.53 bits per heavy atom. The summed E-state index contributed by atoms with van der Waals surface area (Å²) in [5.74, 6) is 0.884. The van der Waals surface area contributed by atoms with Gasteiger partial charge in [0.25, 0.3) is 0 Å². The summed E-state index contributed by atoms with van der Waals surface area (Å²) in [6, 6.07) is 5.45. The molecule has 1 aromatic rings. The molecule has 0 bridgehead atoms. The molecule has 17 heavy (non-hydrogen) atoms. The number of methoxy groups -OCH3 is 1. The zero-order valence-corrected chi connectivity index (χ0v) is 13.1. The number of halogens is 2. The zero-order chi connectivity index (χ0) is 13.0. The Morgan fingerprint density at radius 1 is 1.35 bits per heavy atom. The summed E-state index contributed by atoms with van der Waals surface area (Å²) < 4.78 is 6.00. The molecule has 1 N–H and O–H groups in total. The molecule has 0 spiro atoms. The fourth-order valence-electron chi connectivity index (χ4n) is 1.27. The van der Waals surface area contributed by atoms with Crippen LogP contribution in [0.15, 0.2) is 22.7 Å². The van der Waals surface area contributed by atoms with Crippen LogP contribution in [0.4, 0.5) is 5.69 Å². The third kappa shape index (κ3) is 4.32. The van der Waals surface area contributed by atoms with Crippen molar-refractivity contribution in [3.8, 4) is 5.75 Å². The summed E-state index contributed by atoms with van der Waals surface area (Å²) in [6.07, 6.45) is 0. The first-order valence-electron chi connectivity index (χ1n) is 5.23. The number of hydrogen-bond acceptors (Lipinski definition) is 2. The minimum atomic E-state index is -0.201. The molecule has 0 aliphatic rings. The standard InChI is InChI=1S/C12H15Br2NO2/c1-7(2)11(14)12(16)15-9-4-8(13)5-10(6-9)17-3/h4-7,11H,1-3H3,(H,15,16). The fraction of sp³-hybridized carbons (Fsp3) is 0.417. The molecule has 0 saturated carbocycles. The second kappa shape index (κ2) is 6.40. The SMILES string of the molecule is COc1cc(Br)cc(NC(=O)C(Br)C(C)C)c1. The van der Waals surface area contributed by atoms with Crippen LogP contribution in [0.3, 0.4) is 0 Å². The van der Waals surface area contributed by atoms with E-state index in [0.717, 1.165) is 4.47 Å². The molecular weight excluding hydrogens is 350 g/mol. The second-order valence-electron chi connectivity index (χ2n) is 4.01. The first-order chi connectivity index (χ1) is 7.93. The van der Waals surface area contributed by atoms with E-state index in [1.807, 2.05) is 26.0 Å². The van der Waals surface area contributed by atoms with Gasteiger partial charge in [-0.25, -0.2) is 0 Å². The Labute approximate surface area is 118 Å². The number of anilines is 1. The number of nitrogens with one attached hydrogen (secondary N) is 1. The van der Waals surface area contributed by atoms with E-state index < -0.39 is 0 Å². The molecule has 0 saturated heterocycles. The Morgan fingerprint density at radius 2 is 2.00 bits per heavy atom. The summed E-state index contributed by atoms with van der Waals surface area (Å²) in [5, 5.41) is 2.84. The van der Waals surface area contributed by atoms with Gasteiger partial charge in [-0.3, -0.25) is 4.79 Å². The lowest BCUT2D eigenvalue weighted by Crippen LogP contribution is -2.26. The average Bonchev–Trinajstić information content (AvgIpc) is 2.26. The maximum absolute atomic E-state index is 11.9. The van der Waals surface area contributed by atoms with Crippen molar-refractivity contribution in [3.63, 3.8) is 0 Å². The molecule has 1 amide bonds. The van der Waals surface area contributed by atoms with Gasteiger partial charge in [0.2, 0.25) is 5.91 Å². The van der Waals surface area contributed by atoms with Gasteiger partial charge in [0, 0.05) is 16.2 Å². The molecule has 0 aliphatic heterocycles. The van der Waals surface area contributed by atoms with Gasteiger partial charge in [-0.1, -0.05) is 45.7 Å². The van der Waals surface area contributed by atoms with Gasteiger partial charge in [0.05, 0.1) is 11.9 Å². The summed E-state index contributed by atoms with van der Waals surface area (Å²) in [4.78, 5) is 11.6. The topological polar surface area (TPSA) is 38.3 Å². The smallest absolute Gasteiger partial charge is 0.238 e. The van der Waals surface area contributed by atoms with Crippen molar-refractivity contribution in [1.82, 2.24) is 0 Å². The van der Waals surface area contributed by atoms with Crippen LogP contribution >= 0.6 is 31.9 Å². The van der Waals surface area contributed by atoms with Crippen LogP contribution < -0.4 is 10.1 Å². The number of alkyl halides is 1. The minimum absolute atomic E-state index is 0.0554. The molecule has 1 atom stereocenters. The molecule has 1 rings (SSSR count). The molecule has 5 heteroatoms. The molecule has 94 valence electrons. The van der Waals surface area contributed by atoms with Gasteiger partial charge >= 0.3 is 0 Å². The predicted molar refractivity (Wildman–Crippen MR) is 76.9 cm³/mol. The fourth-order valence-corrected chi connectivity index (χ4v) is 1.85. The van der Waals surface area contributed by atoms with E-state index in [0.29, 0.717) is 11.4 Å². The number of amides is 1. The number of benzene rings is 1. The van der Waals surface area contributed by atoms with Gasteiger partial charge in [0.15, 0.2) is 0 Å². The monoisotopic (exact) mass is 363 g/mol. The zero-order valence-electron chi connectivity index (χ0n) is 9.96. The summed E-state index contributed by atoms with van der Waals surface area (Å²) in [7, 11) is 1.59. The maximum atomic E-state index is 11.9. The Hall–Kier alpha value is -0.550. The van der Waals surface area contributed by atoms with E-state index >= 15 is 0 Å². The molecule has 0 aromatic heterocycles. The lowest BCUT2D eigenvalue weighted by molar-refractivity contribution is -0.116. The van der Waals surface area contributed by atoms with Crippen LogP contribution in [0, 0.1) is 5.92 Å². The van der Waals surface area contributed by atoms with Gasteiger partial charge in [-0.2, -0.15) is 0 Å². The van der Waals surface area contributed by atoms with Gasteiger partial charge in [0.1, 0.15) is 5.75 Å². The minimum Gasteiger partial charge on any atom is -0.497 e. The highest BCUT2D eigenvalue weighted by Gasteiger charge is 2.18. The van der Waals surface area contributed by atoms with E-state index in [1.165, 1.54) is 0 Å². The molecule has 1 aromatic carbocycles. The van der Waals surface area contributed by atoms with Gasteiger partial charge in [-0.15, -0.1) is 0 Å².